The van der Waals surface area contributed by atoms with Crippen LogP contribution < -0.4 is 0 Å². The molecule has 0 spiro atoms. The first-order valence-electron chi connectivity index (χ1n) is 9.99. The summed E-state index contributed by atoms with van der Waals surface area (Å²) >= 11 is 0. The predicted molar refractivity (Wildman–Crippen MR) is 94.6 cm³/mol. The molecule has 2 heterocycles. The third-order valence-corrected chi connectivity index (χ3v) is 6.97. The molecule has 1 aliphatic heterocycles. The van der Waals surface area contributed by atoms with Crippen LogP contribution in [0.1, 0.15) is 69.4 Å². The van der Waals surface area contributed by atoms with Crippen LogP contribution in [0.4, 0.5) is 0 Å². The summed E-state index contributed by atoms with van der Waals surface area (Å²) < 4.78 is 1.99. The molecule has 1 aromatic rings. The maximum absolute atomic E-state index is 13.0. The van der Waals surface area contributed by atoms with Gasteiger partial charge < -0.3 is 4.90 Å². The molecule has 0 radical (unpaired) electrons. The van der Waals surface area contributed by atoms with E-state index in [1.807, 2.05) is 17.9 Å². The summed E-state index contributed by atoms with van der Waals surface area (Å²) in [5.74, 6) is 3.11. The van der Waals surface area contributed by atoms with Crippen molar-refractivity contribution < 1.29 is 4.79 Å². The van der Waals surface area contributed by atoms with Gasteiger partial charge in [-0.05, 0) is 50.0 Å². The molecular weight excluding hydrogens is 298 g/mol. The predicted octanol–water partition coefficient (Wildman–Crippen LogP) is 3.73. The van der Waals surface area contributed by atoms with Crippen molar-refractivity contribution in [3.05, 3.63) is 18.0 Å². The van der Waals surface area contributed by atoms with Crippen LogP contribution in [0, 0.1) is 17.8 Å². The Balaban J connectivity index is 1.32. The van der Waals surface area contributed by atoms with Gasteiger partial charge in [0.1, 0.15) is 0 Å². The highest BCUT2D eigenvalue weighted by atomic mass is 16.2. The molecule has 3 fully saturated rings. The largest absolute Gasteiger partial charge is 0.342 e. The van der Waals surface area contributed by atoms with E-state index in [1.54, 1.807) is 0 Å². The van der Waals surface area contributed by atoms with E-state index in [1.165, 1.54) is 44.2 Å². The van der Waals surface area contributed by atoms with Gasteiger partial charge in [-0.3, -0.25) is 9.48 Å². The number of fused-ring (bicyclic) bond motifs is 1. The Morgan fingerprint density at radius 3 is 2.50 bits per heavy atom. The van der Waals surface area contributed by atoms with E-state index in [9.17, 15) is 4.79 Å². The molecule has 0 N–H and O–H groups in total. The van der Waals surface area contributed by atoms with Crippen molar-refractivity contribution in [2.75, 3.05) is 13.1 Å². The molecule has 4 nitrogen and oxygen atoms in total. The first kappa shape index (κ1) is 16.2. The van der Waals surface area contributed by atoms with E-state index in [4.69, 9.17) is 0 Å². The van der Waals surface area contributed by atoms with Gasteiger partial charge in [0.25, 0.3) is 0 Å². The lowest BCUT2D eigenvalue weighted by Gasteiger charge is -2.41. The zero-order valence-corrected chi connectivity index (χ0v) is 15.0. The van der Waals surface area contributed by atoms with Crippen LogP contribution in [-0.2, 0) is 11.8 Å². The second-order valence-electron chi connectivity index (χ2n) is 8.29. The van der Waals surface area contributed by atoms with Gasteiger partial charge in [0.15, 0.2) is 0 Å². The van der Waals surface area contributed by atoms with Crippen LogP contribution in [0.15, 0.2) is 12.3 Å². The number of rotatable bonds is 2. The second kappa shape index (κ2) is 6.89. The number of nitrogens with zero attached hydrogens (tertiary/aromatic N) is 3. The molecule has 132 valence electrons. The Bertz CT molecular complexity index is 573. The van der Waals surface area contributed by atoms with Crippen molar-refractivity contribution >= 4 is 5.91 Å². The van der Waals surface area contributed by atoms with Crippen molar-refractivity contribution in [1.82, 2.24) is 14.7 Å². The van der Waals surface area contributed by atoms with Crippen LogP contribution >= 0.6 is 0 Å². The smallest absolute Gasteiger partial charge is 0.225 e. The number of aromatic nitrogens is 2. The van der Waals surface area contributed by atoms with Gasteiger partial charge in [-0.15, -0.1) is 0 Å². The third kappa shape index (κ3) is 3.12. The van der Waals surface area contributed by atoms with Crippen molar-refractivity contribution in [2.45, 2.75) is 63.7 Å². The average Bonchev–Trinajstić information content (AvgIpc) is 3.07. The first-order valence-corrected chi connectivity index (χ1v) is 9.99. The van der Waals surface area contributed by atoms with Gasteiger partial charge in [0, 0.05) is 43.9 Å². The van der Waals surface area contributed by atoms with Crippen LogP contribution in [0.25, 0.3) is 0 Å². The number of carbonyl (C=O) groups excluding carboxylic acids is 1. The molecule has 4 rings (SSSR count). The van der Waals surface area contributed by atoms with E-state index >= 15 is 0 Å². The Morgan fingerprint density at radius 2 is 1.79 bits per heavy atom. The van der Waals surface area contributed by atoms with Crippen LogP contribution in [0.5, 0.6) is 0 Å². The van der Waals surface area contributed by atoms with Crippen LogP contribution in [0.2, 0.25) is 0 Å². The highest BCUT2D eigenvalue weighted by Gasteiger charge is 2.37. The van der Waals surface area contributed by atoms with Gasteiger partial charge in [-0.2, -0.15) is 5.10 Å². The van der Waals surface area contributed by atoms with Crippen molar-refractivity contribution in [1.29, 1.82) is 0 Å². The second-order valence-corrected chi connectivity index (χ2v) is 8.29. The molecule has 2 saturated carbocycles. The lowest BCUT2D eigenvalue weighted by molar-refractivity contribution is -0.139. The van der Waals surface area contributed by atoms with Crippen molar-refractivity contribution in [2.24, 2.45) is 24.8 Å². The zero-order valence-electron chi connectivity index (χ0n) is 15.0. The number of piperidine rings is 1. The van der Waals surface area contributed by atoms with Crippen LogP contribution in [-0.4, -0.2) is 33.7 Å². The Hall–Kier alpha value is -1.32. The minimum Gasteiger partial charge on any atom is -0.342 e. The summed E-state index contributed by atoms with van der Waals surface area (Å²) in [7, 11) is 2.02. The van der Waals surface area contributed by atoms with Gasteiger partial charge in [-0.25, -0.2) is 0 Å². The SMILES string of the molecule is Cn1nccc1C1CCN(C(=O)C2CCC3CCCCC3C2)CC1. The number of carbonyl (C=O) groups is 1. The van der Waals surface area contributed by atoms with E-state index in [2.05, 4.69) is 16.1 Å². The zero-order chi connectivity index (χ0) is 16.5. The van der Waals surface area contributed by atoms with E-state index in [-0.39, 0.29) is 0 Å². The monoisotopic (exact) mass is 329 g/mol. The summed E-state index contributed by atoms with van der Waals surface area (Å²) in [5, 5.41) is 4.29. The van der Waals surface area contributed by atoms with E-state index < -0.39 is 0 Å². The molecule has 0 bridgehead atoms. The number of likely N-dealkylation sites (tertiary alicyclic amines) is 1. The molecular formula is C20H31N3O. The van der Waals surface area contributed by atoms with Crippen molar-refractivity contribution in [3.63, 3.8) is 0 Å². The topological polar surface area (TPSA) is 38.1 Å². The highest BCUT2D eigenvalue weighted by Crippen LogP contribution is 2.43. The normalized spacial score (nSPS) is 31.7. The summed E-state index contributed by atoms with van der Waals surface area (Å²) in [6.07, 6.45) is 13.3. The maximum atomic E-state index is 13.0. The lowest BCUT2D eigenvalue weighted by atomic mass is 9.67. The molecule has 24 heavy (non-hydrogen) atoms. The fourth-order valence-corrected chi connectivity index (χ4v) is 5.54. The molecule has 3 unspecified atom stereocenters. The number of hydrogen-bond donors (Lipinski definition) is 0. The number of hydrogen-bond acceptors (Lipinski definition) is 2. The fourth-order valence-electron chi connectivity index (χ4n) is 5.54. The molecule has 0 aromatic carbocycles. The Kier molecular flexibility index (Phi) is 4.64. The van der Waals surface area contributed by atoms with Crippen molar-refractivity contribution in [3.8, 4) is 0 Å². The van der Waals surface area contributed by atoms with Gasteiger partial charge in [0.05, 0.1) is 0 Å². The standard InChI is InChI=1S/C20H31N3O/c1-22-19(8-11-21-22)16-9-12-23(13-10-16)20(24)18-7-6-15-4-2-3-5-17(15)14-18/h8,11,15-18H,2-7,9-10,12-14H2,1H3. The minimum atomic E-state index is 0.317. The molecule has 1 saturated heterocycles. The average molecular weight is 329 g/mol. The van der Waals surface area contributed by atoms with Gasteiger partial charge >= 0.3 is 0 Å². The van der Waals surface area contributed by atoms with E-state index in [0.717, 1.165) is 44.2 Å². The minimum absolute atomic E-state index is 0.317. The molecule has 2 aliphatic carbocycles. The fraction of sp³-hybridized carbons (Fsp3) is 0.800. The summed E-state index contributed by atoms with van der Waals surface area (Å²) in [6.45, 7) is 1.86. The summed E-state index contributed by atoms with van der Waals surface area (Å²) in [4.78, 5) is 15.2. The number of aryl methyl sites for hydroxylation is 1. The molecule has 3 aliphatic rings. The Labute approximate surface area is 145 Å². The van der Waals surface area contributed by atoms with E-state index in [0.29, 0.717) is 17.7 Å². The van der Waals surface area contributed by atoms with Crippen LogP contribution in [0.3, 0.4) is 0 Å². The Morgan fingerprint density at radius 1 is 1.04 bits per heavy atom. The first-order chi connectivity index (χ1) is 11.7. The number of amides is 1. The van der Waals surface area contributed by atoms with Gasteiger partial charge in [0.2, 0.25) is 5.91 Å². The summed E-state index contributed by atoms with van der Waals surface area (Å²) in [6, 6.07) is 2.13. The highest BCUT2D eigenvalue weighted by molar-refractivity contribution is 5.79. The molecule has 1 amide bonds. The third-order valence-electron chi connectivity index (χ3n) is 6.97. The molecule has 4 heteroatoms. The lowest BCUT2D eigenvalue weighted by Crippen LogP contribution is -2.43. The summed E-state index contributed by atoms with van der Waals surface area (Å²) in [5.41, 5.74) is 1.32. The maximum Gasteiger partial charge on any atom is 0.225 e. The quantitative estimate of drug-likeness (QED) is 0.829. The molecule has 3 atom stereocenters. The molecule has 1 aromatic heterocycles. The van der Waals surface area contributed by atoms with Gasteiger partial charge in [-0.1, -0.05) is 25.7 Å².